The number of hydrogen-bond donors (Lipinski definition) is 2. The molecule has 1 heterocycles. The Balaban J connectivity index is 2.05. The standard InChI is InChI=1S/C17H22N4O4S/c1-20-9-7-15(8-10-20)21(2)17(22)13(11-18)12-19-14-3-5-16(6-4-14)26(23,24)25/h3-6,12,15,19H,7-10H2,1-2H3,(H,23,24,25)/b13-12-. The van der Waals surface area contributed by atoms with Gasteiger partial charge in [0, 0.05) is 25.0 Å². The Bertz CT molecular complexity index is 819. The molecular weight excluding hydrogens is 356 g/mol. The molecule has 0 bridgehead atoms. The molecule has 0 saturated carbocycles. The molecule has 8 nitrogen and oxygen atoms in total. The molecule has 1 fully saturated rings. The summed E-state index contributed by atoms with van der Waals surface area (Å²) in [6.07, 6.45) is 3.03. The summed E-state index contributed by atoms with van der Waals surface area (Å²) in [5.41, 5.74) is 0.449. The maximum absolute atomic E-state index is 12.5. The van der Waals surface area contributed by atoms with Crippen molar-refractivity contribution in [1.29, 1.82) is 5.26 Å². The summed E-state index contributed by atoms with van der Waals surface area (Å²) >= 11 is 0. The lowest BCUT2D eigenvalue weighted by atomic mass is 10.0. The molecule has 0 spiro atoms. The van der Waals surface area contributed by atoms with Gasteiger partial charge in [0.1, 0.15) is 11.6 Å². The van der Waals surface area contributed by atoms with Crippen molar-refractivity contribution in [3.8, 4) is 6.07 Å². The zero-order chi connectivity index (χ0) is 19.3. The maximum Gasteiger partial charge on any atom is 0.294 e. The van der Waals surface area contributed by atoms with Crippen molar-refractivity contribution in [3.05, 3.63) is 36.0 Å². The van der Waals surface area contributed by atoms with E-state index in [1.165, 1.54) is 30.5 Å². The summed E-state index contributed by atoms with van der Waals surface area (Å²) in [4.78, 5) is 16.1. The van der Waals surface area contributed by atoms with Gasteiger partial charge in [0.2, 0.25) is 0 Å². The highest BCUT2D eigenvalue weighted by Crippen LogP contribution is 2.17. The maximum atomic E-state index is 12.5. The molecule has 0 unspecified atom stereocenters. The summed E-state index contributed by atoms with van der Waals surface area (Å²) in [6, 6.07) is 7.31. The second-order valence-corrected chi connectivity index (χ2v) is 7.69. The predicted molar refractivity (Wildman–Crippen MR) is 96.9 cm³/mol. The Hall–Kier alpha value is -2.41. The number of benzene rings is 1. The van der Waals surface area contributed by atoms with E-state index in [1.54, 1.807) is 11.9 Å². The van der Waals surface area contributed by atoms with Gasteiger partial charge in [-0.3, -0.25) is 9.35 Å². The van der Waals surface area contributed by atoms with E-state index < -0.39 is 10.1 Å². The zero-order valence-corrected chi connectivity index (χ0v) is 15.5. The Morgan fingerprint density at radius 2 is 1.92 bits per heavy atom. The molecule has 0 aliphatic carbocycles. The molecule has 0 radical (unpaired) electrons. The zero-order valence-electron chi connectivity index (χ0n) is 14.7. The molecule has 140 valence electrons. The highest BCUT2D eigenvalue weighted by Gasteiger charge is 2.25. The van der Waals surface area contributed by atoms with Crippen molar-refractivity contribution in [2.24, 2.45) is 0 Å². The first kappa shape index (κ1) is 19.9. The second kappa shape index (κ2) is 8.31. The molecule has 2 rings (SSSR count). The fraction of sp³-hybridized carbons (Fsp3) is 0.412. The Kier molecular flexibility index (Phi) is 6.37. The predicted octanol–water partition coefficient (Wildman–Crippen LogP) is 1.31. The number of nitriles is 1. The monoisotopic (exact) mass is 378 g/mol. The van der Waals surface area contributed by atoms with Crippen LogP contribution in [-0.4, -0.2) is 61.9 Å². The molecule has 1 aliphatic rings. The van der Waals surface area contributed by atoms with Gasteiger partial charge < -0.3 is 15.1 Å². The van der Waals surface area contributed by atoms with Gasteiger partial charge in [0.05, 0.1) is 4.90 Å². The number of carbonyl (C=O) groups is 1. The Labute approximate surface area is 153 Å². The SMILES string of the molecule is CN1CCC(N(C)C(=O)/C(C#N)=C\Nc2ccc(S(=O)(=O)O)cc2)CC1. The van der Waals surface area contributed by atoms with Crippen molar-refractivity contribution in [1.82, 2.24) is 9.80 Å². The van der Waals surface area contributed by atoms with Crippen molar-refractivity contribution >= 4 is 21.7 Å². The largest absolute Gasteiger partial charge is 0.360 e. The lowest BCUT2D eigenvalue weighted by Gasteiger charge is -2.34. The van der Waals surface area contributed by atoms with E-state index in [1.807, 2.05) is 13.1 Å². The molecule has 1 aliphatic heterocycles. The number of nitrogens with zero attached hydrogens (tertiary/aromatic N) is 3. The Morgan fingerprint density at radius 1 is 1.35 bits per heavy atom. The number of likely N-dealkylation sites (N-methyl/N-ethyl adjacent to an activating group) is 1. The van der Waals surface area contributed by atoms with Crippen LogP contribution in [0.15, 0.2) is 40.9 Å². The van der Waals surface area contributed by atoms with E-state index in [0.29, 0.717) is 5.69 Å². The van der Waals surface area contributed by atoms with Crippen LogP contribution in [0.5, 0.6) is 0 Å². The first-order valence-electron chi connectivity index (χ1n) is 8.12. The van der Waals surface area contributed by atoms with Gasteiger partial charge in [0.25, 0.3) is 16.0 Å². The third kappa shape index (κ3) is 5.05. The number of anilines is 1. The van der Waals surface area contributed by atoms with Gasteiger partial charge in [-0.25, -0.2) is 0 Å². The van der Waals surface area contributed by atoms with E-state index in [4.69, 9.17) is 4.55 Å². The summed E-state index contributed by atoms with van der Waals surface area (Å²) in [7, 11) is -0.520. The number of carbonyl (C=O) groups excluding carboxylic acids is 1. The summed E-state index contributed by atoms with van der Waals surface area (Å²) < 4.78 is 31.0. The molecule has 2 N–H and O–H groups in total. The van der Waals surface area contributed by atoms with Crippen LogP contribution in [0.25, 0.3) is 0 Å². The van der Waals surface area contributed by atoms with Gasteiger partial charge in [-0.05, 0) is 57.2 Å². The number of likely N-dealkylation sites (tertiary alicyclic amines) is 1. The molecule has 1 amide bonds. The smallest absolute Gasteiger partial charge is 0.294 e. The fourth-order valence-electron chi connectivity index (χ4n) is 2.76. The minimum Gasteiger partial charge on any atom is -0.360 e. The van der Waals surface area contributed by atoms with Gasteiger partial charge >= 0.3 is 0 Å². The van der Waals surface area contributed by atoms with Crippen LogP contribution in [-0.2, 0) is 14.9 Å². The number of rotatable bonds is 5. The van der Waals surface area contributed by atoms with Crippen LogP contribution in [0, 0.1) is 11.3 Å². The quantitative estimate of drug-likeness (QED) is 0.451. The summed E-state index contributed by atoms with van der Waals surface area (Å²) in [5.74, 6) is -0.357. The highest BCUT2D eigenvalue weighted by atomic mass is 32.2. The molecule has 1 aromatic carbocycles. The Morgan fingerprint density at radius 3 is 2.42 bits per heavy atom. The minimum atomic E-state index is -4.26. The van der Waals surface area contributed by atoms with Crippen LogP contribution in [0.4, 0.5) is 5.69 Å². The van der Waals surface area contributed by atoms with Crippen molar-refractivity contribution < 1.29 is 17.8 Å². The van der Waals surface area contributed by atoms with Crippen molar-refractivity contribution in [2.45, 2.75) is 23.8 Å². The molecule has 1 saturated heterocycles. The molecule has 1 aromatic rings. The normalized spacial score (nSPS) is 16.8. The van der Waals surface area contributed by atoms with E-state index in [2.05, 4.69) is 10.2 Å². The highest BCUT2D eigenvalue weighted by molar-refractivity contribution is 7.85. The molecule has 0 aromatic heterocycles. The molecular formula is C17H22N4O4S. The second-order valence-electron chi connectivity index (χ2n) is 6.26. The number of nitrogens with one attached hydrogen (secondary N) is 1. The first-order valence-corrected chi connectivity index (χ1v) is 9.56. The first-order chi connectivity index (χ1) is 12.2. The van der Waals surface area contributed by atoms with Gasteiger partial charge in [-0.2, -0.15) is 13.7 Å². The van der Waals surface area contributed by atoms with Gasteiger partial charge in [0.15, 0.2) is 0 Å². The van der Waals surface area contributed by atoms with Crippen LogP contribution < -0.4 is 5.32 Å². The number of piperidine rings is 1. The van der Waals surface area contributed by atoms with Crippen LogP contribution in [0.2, 0.25) is 0 Å². The van der Waals surface area contributed by atoms with Gasteiger partial charge in [-0.1, -0.05) is 0 Å². The molecule has 0 atom stereocenters. The number of hydrogen-bond acceptors (Lipinski definition) is 6. The summed E-state index contributed by atoms with van der Waals surface area (Å²) in [6.45, 7) is 1.82. The summed E-state index contributed by atoms with van der Waals surface area (Å²) in [5, 5.41) is 12.1. The van der Waals surface area contributed by atoms with Crippen LogP contribution in [0.1, 0.15) is 12.8 Å². The van der Waals surface area contributed by atoms with Crippen LogP contribution in [0.3, 0.4) is 0 Å². The van der Waals surface area contributed by atoms with Crippen molar-refractivity contribution in [2.75, 3.05) is 32.5 Å². The average Bonchev–Trinajstić information content (AvgIpc) is 2.61. The lowest BCUT2D eigenvalue weighted by molar-refractivity contribution is -0.128. The van der Waals surface area contributed by atoms with Crippen LogP contribution >= 0.6 is 0 Å². The average molecular weight is 378 g/mol. The minimum absolute atomic E-state index is 0.0368. The van der Waals surface area contributed by atoms with E-state index in [0.717, 1.165) is 25.9 Å². The lowest BCUT2D eigenvalue weighted by Crippen LogP contribution is -2.44. The van der Waals surface area contributed by atoms with Gasteiger partial charge in [-0.15, -0.1) is 0 Å². The van der Waals surface area contributed by atoms with E-state index in [9.17, 15) is 18.5 Å². The fourth-order valence-corrected chi connectivity index (χ4v) is 3.24. The van der Waals surface area contributed by atoms with E-state index >= 15 is 0 Å². The van der Waals surface area contributed by atoms with Crippen molar-refractivity contribution in [3.63, 3.8) is 0 Å². The third-order valence-electron chi connectivity index (χ3n) is 4.44. The number of amides is 1. The molecule has 9 heteroatoms. The topological polar surface area (TPSA) is 114 Å². The third-order valence-corrected chi connectivity index (χ3v) is 5.31. The van der Waals surface area contributed by atoms with E-state index in [-0.39, 0.29) is 22.4 Å². The molecule has 26 heavy (non-hydrogen) atoms.